The van der Waals surface area contributed by atoms with Gasteiger partial charge in [0.05, 0.1) is 11.5 Å². The fourth-order valence-corrected chi connectivity index (χ4v) is 1.41. The molecule has 11 heavy (non-hydrogen) atoms. The summed E-state index contributed by atoms with van der Waals surface area (Å²) in [7, 11) is 2.04. The van der Waals surface area contributed by atoms with Crippen LogP contribution in [-0.4, -0.2) is 16.8 Å². The molecule has 4 heteroatoms. The third-order valence-corrected chi connectivity index (χ3v) is 2.17. The van der Waals surface area contributed by atoms with Crippen LogP contribution in [0.25, 0.3) is 0 Å². The molecule has 1 aromatic heterocycles. The van der Waals surface area contributed by atoms with E-state index in [9.17, 15) is 0 Å². The smallest absolute Gasteiger partial charge is 0.131 e. The Balaban J connectivity index is 2.79. The second-order valence-electron chi connectivity index (χ2n) is 2.39. The van der Waals surface area contributed by atoms with E-state index in [1.54, 1.807) is 0 Å². The Bertz CT molecular complexity index is 232. The SMILES string of the molecule is CCn1cc(Br)c(C[NH2+]C)n1. The second kappa shape index (κ2) is 3.88. The molecule has 2 N–H and O–H groups in total. The van der Waals surface area contributed by atoms with E-state index in [1.807, 2.05) is 17.9 Å². The van der Waals surface area contributed by atoms with Gasteiger partial charge in [-0.05, 0) is 22.9 Å². The lowest BCUT2D eigenvalue weighted by Crippen LogP contribution is -2.77. The van der Waals surface area contributed by atoms with Gasteiger partial charge in [0.1, 0.15) is 12.2 Å². The molecule has 3 nitrogen and oxygen atoms in total. The zero-order chi connectivity index (χ0) is 8.27. The van der Waals surface area contributed by atoms with E-state index in [0.29, 0.717) is 0 Å². The van der Waals surface area contributed by atoms with Gasteiger partial charge < -0.3 is 5.32 Å². The van der Waals surface area contributed by atoms with Crippen LogP contribution in [0.4, 0.5) is 0 Å². The minimum absolute atomic E-state index is 0.933. The Morgan fingerprint density at radius 2 is 2.45 bits per heavy atom. The van der Waals surface area contributed by atoms with Crippen molar-refractivity contribution < 1.29 is 5.32 Å². The second-order valence-corrected chi connectivity index (χ2v) is 3.25. The van der Waals surface area contributed by atoms with Gasteiger partial charge in [0.15, 0.2) is 0 Å². The molecule has 0 atom stereocenters. The highest BCUT2D eigenvalue weighted by Gasteiger charge is 2.05. The molecule has 62 valence electrons. The third-order valence-electron chi connectivity index (χ3n) is 1.51. The first kappa shape index (κ1) is 8.74. The molecule has 0 radical (unpaired) electrons. The van der Waals surface area contributed by atoms with E-state index in [0.717, 1.165) is 23.3 Å². The normalized spacial score (nSPS) is 10.5. The Labute approximate surface area is 74.9 Å². The molecule has 0 unspecified atom stereocenters. The summed E-state index contributed by atoms with van der Waals surface area (Å²) in [5.41, 5.74) is 1.12. The standard InChI is InChI=1S/C7H12BrN3/c1-3-11-5-6(8)7(10-11)4-9-2/h5,9H,3-4H2,1-2H3/p+1. The summed E-state index contributed by atoms with van der Waals surface area (Å²) in [6.07, 6.45) is 2.01. The van der Waals surface area contributed by atoms with E-state index < -0.39 is 0 Å². The molecule has 1 rings (SSSR count). The van der Waals surface area contributed by atoms with Crippen LogP contribution in [0.2, 0.25) is 0 Å². The molecule has 0 spiro atoms. The summed E-state index contributed by atoms with van der Waals surface area (Å²) in [5, 5.41) is 6.46. The van der Waals surface area contributed by atoms with Crippen LogP contribution in [0.1, 0.15) is 12.6 Å². The fraction of sp³-hybridized carbons (Fsp3) is 0.571. The zero-order valence-electron chi connectivity index (χ0n) is 6.84. The minimum Gasteiger partial charge on any atom is -0.344 e. The number of aryl methyl sites for hydroxylation is 1. The molecular weight excluding hydrogens is 206 g/mol. The summed E-state index contributed by atoms with van der Waals surface area (Å²) in [6.45, 7) is 3.95. The van der Waals surface area contributed by atoms with Crippen molar-refractivity contribution >= 4 is 15.9 Å². The van der Waals surface area contributed by atoms with Crippen LogP contribution in [0, 0.1) is 0 Å². The number of nitrogens with two attached hydrogens (primary N) is 1. The number of hydrogen-bond acceptors (Lipinski definition) is 1. The largest absolute Gasteiger partial charge is 0.344 e. The first-order valence-electron chi connectivity index (χ1n) is 3.77. The average molecular weight is 219 g/mol. The summed E-state index contributed by atoms with van der Waals surface area (Å²) in [6, 6.07) is 0. The minimum atomic E-state index is 0.933. The molecule has 1 aromatic rings. The summed E-state index contributed by atoms with van der Waals surface area (Å²) in [4.78, 5) is 0. The van der Waals surface area contributed by atoms with Crippen molar-refractivity contribution in [1.29, 1.82) is 0 Å². The highest BCUT2D eigenvalue weighted by Crippen LogP contribution is 2.13. The first-order chi connectivity index (χ1) is 5.27. The van der Waals surface area contributed by atoms with E-state index in [1.165, 1.54) is 0 Å². The van der Waals surface area contributed by atoms with Gasteiger partial charge in [0.25, 0.3) is 0 Å². The van der Waals surface area contributed by atoms with Crippen LogP contribution < -0.4 is 5.32 Å². The van der Waals surface area contributed by atoms with Crippen molar-refractivity contribution in [3.63, 3.8) is 0 Å². The maximum atomic E-state index is 4.36. The Hall–Kier alpha value is -0.350. The Kier molecular flexibility index (Phi) is 3.08. The molecule has 0 aliphatic rings. The predicted molar refractivity (Wildman–Crippen MR) is 47.2 cm³/mol. The molecule has 0 amide bonds. The lowest BCUT2D eigenvalue weighted by atomic mass is 10.4. The summed E-state index contributed by atoms with van der Waals surface area (Å²) in [5.74, 6) is 0. The number of hydrogen-bond donors (Lipinski definition) is 1. The Morgan fingerprint density at radius 3 is 2.91 bits per heavy atom. The maximum absolute atomic E-state index is 4.36. The molecule has 0 bridgehead atoms. The van der Waals surface area contributed by atoms with E-state index in [-0.39, 0.29) is 0 Å². The number of rotatable bonds is 3. The molecule has 0 aliphatic heterocycles. The van der Waals surface area contributed by atoms with Crippen LogP contribution in [0.5, 0.6) is 0 Å². The number of halogens is 1. The molecule has 0 saturated heterocycles. The predicted octanol–water partition coefficient (Wildman–Crippen LogP) is 0.359. The van der Waals surface area contributed by atoms with Crippen LogP contribution in [0.3, 0.4) is 0 Å². The topological polar surface area (TPSA) is 34.4 Å². The van der Waals surface area contributed by atoms with Crippen molar-refractivity contribution in [2.24, 2.45) is 0 Å². The lowest BCUT2D eigenvalue weighted by Gasteiger charge is -1.91. The van der Waals surface area contributed by atoms with Gasteiger partial charge in [0, 0.05) is 12.7 Å². The van der Waals surface area contributed by atoms with E-state index in [2.05, 4.69) is 33.3 Å². The average Bonchev–Trinajstić information content (AvgIpc) is 2.33. The summed E-state index contributed by atoms with van der Waals surface area (Å²) < 4.78 is 3.04. The van der Waals surface area contributed by atoms with Gasteiger partial charge in [-0.1, -0.05) is 0 Å². The fourth-order valence-electron chi connectivity index (χ4n) is 0.931. The number of nitrogens with zero attached hydrogens (tertiary/aromatic N) is 2. The van der Waals surface area contributed by atoms with Gasteiger partial charge in [-0.25, -0.2) is 0 Å². The maximum Gasteiger partial charge on any atom is 0.131 e. The summed E-state index contributed by atoms with van der Waals surface area (Å²) >= 11 is 3.46. The van der Waals surface area contributed by atoms with Crippen molar-refractivity contribution in [2.75, 3.05) is 7.05 Å². The molecule has 0 fully saturated rings. The molecule has 0 saturated carbocycles. The number of quaternary nitrogens is 1. The Morgan fingerprint density at radius 1 is 1.73 bits per heavy atom. The molecule has 0 aromatic carbocycles. The quantitative estimate of drug-likeness (QED) is 0.782. The van der Waals surface area contributed by atoms with Crippen LogP contribution >= 0.6 is 15.9 Å². The van der Waals surface area contributed by atoms with Gasteiger partial charge in [-0.2, -0.15) is 5.10 Å². The van der Waals surface area contributed by atoms with E-state index in [4.69, 9.17) is 0 Å². The van der Waals surface area contributed by atoms with E-state index >= 15 is 0 Å². The lowest BCUT2D eigenvalue weighted by molar-refractivity contribution is -0.644. The van der Waals surface area contributed by atoms with Crippen molar-refractivity contribution in [3.05, 3.63) is 16.4 Å². The van der Waals surface area contributed by atoms with Gasteiger partial charge in [-0.15, -0.1) is 0 Å². The zero-order valence-corrected chi connectivity index (χ0v) is 8.43. The van der Waals surface area contributed by atoms with Crippen molar-refractivity contribution in [3.8, 4) is 0 Å². The van der Waals surface area contributed by atoms with Gasteiger partial charge in [0.2, 0.25) is 0 Å². The highest BCUT2D eigenvalue weighted by molar-refractivity contribution is 9.10. The van der Waals surface area contributed by atoms with Gasteiger partial charge >= 0.3 is 0 Å². The van der Waals surface area contributed by atoms with Gasteiger partial charge in [-0.3, -0.25) is 4.68 Å². The highest BCUT2D eigenvalue weighted by atomic mass is 79.9. The number of aromatic nitrogens is 2. The molecular formula is C7H13BrN3+. The molecule has 1 heterocycles. The van der Waals surface area contributed by atoms with Crippen LogP contribution in [-0.2, 0) is 13.1 Å². The first-order valence-corrected chi connectivity index (χ1v) is 4.56. The van der Waals surface area contributed by atoms with Crippen molar-refractivity contribution in [1.82, 2.24) is 9.78 Å². The third kappa shape index (κ3) is 2.04. The van der Waals surface area contributed by atoms with Crippen molar-refractivity contribution in [2.45, 2.75) is 20.0 Å². The monoisotopic (exact) mass is 218 g/mol. The molecule has 0 aliphatic carbocycles. The van der Waals surface area contributed by atoms with Crippen LogP contribution in [0.15, 0.2) is 10.7 Å².